The largest absolute Gasteiger partial charge is 0.465 e. The van der Waals surface area contributed by atoms with Crippen molar-refractivity contribution in [3.8, 4) is 11.5 Å². The summed E-state index contributed by atoms with van der Waals surface area (Å²) in [4.78, 5) is 25.1. The summed E-state index contributed by atoms with van der Waals surface area (Å²) in [6, 6.07) is 18.0. The number of carbonyl (C=O) groups is 1. The zero-order valence-electron chi connectivity index (χ0n) is 25.8. The van der Waals surface area contributed by atoms with E-state index in [9.17, 15) is 4.79 Å². The molecule has 1 spiro atoms. The Hall–Kier alpha value is -3.85. The van der Waals surface area contributed by atoms with Crippen molar-refractivity contribution in [3.05, 3.63) is 88.7 Å². The topological polar surface area (TPSA) is 82.7 Å². The summed E-state index contributed by atoms with van der Waals surface area (Å²) in [5, 5.41) is 5.30. The molecule has 0 unspecified atom stereocenters. The van der Waals surface area contributed by atoms with Crippen LogP contribution in [0, 0.1) is 5.41 Å². The number of H-pyrrole nitrogens is 1. The number of anilines is 1. The molecular formula is C36H40ClN5O3. The van der Waals surface area contributed by atoms with E-state index in [2.05, 4.69) is 37.2 Å². The first-order valence-electron chi connectivity index (χ1n) is 16.0. The average Bonchev–Trinajstić information content (AvgIpc) is 3.54. The van der Waals surface area contributed by atoms with Crippen LogP contribution in [0.15, 0.2) is 72.6 Å². The van der Waals surface area contributed by atoms with Crippen LogP contribution in [0.25, 0.3) is 16.6 Å². The van der Waals surface area contributed by atoms with E-state index in [1.807, 2.05) is 42.6 Å². The molecule has 4 heterocycles. The van der Waals surface area contributed by atoms with E-state index in [0.29, 0.717) is 22.5 Å². The lowest BCUT2D eigenvalue weighted by Gasteiger charge is -2.44. The highest BCUT2D eigenvalue weighted by molar-refractivity contribution is 6.30. The molecule has 2 aliphatic heterocycles. The van der Waals surface area contributed by atoms with Crippen molar-refractivity contribution in [3.63, 3.8) is 0 Å². The van der Waals surface area contributed by atoms with Crippen LogP contribution in [-0.2, 0) is 4.74 Å². The van der Waals surface area contributed by atoms with Gasteiger partial charge in [-0.15, -0.1) is 0 Å². The van der Waals surface area contributed by atoms with Gasteiger partial charge in [0.25, 0.3) is 0 Å². The second-order valence-electron chi connectivity index (χ2n) is 12.6. The molecule has 4 aromatic rings. The second-order valence-corrected chi connectivity index (χ2v) is 13.1. The van der Waals surface area contributed by atoms with Gasteiger partial charge in [-0.3, -0.25) is 4.90 Å². The number of pyridine rings is 1. The summed E-state index contributed by atoms with van der Waals surface area (Å²) >= 11 is 6.25. The van der Waals surface area contributed by atoms with Crippen LogP contribution in [0.1, 0.15) is 48.0 Å². The molecule has 0 bridgehead atoms. The van der Waals surface area contributed by atoms with Crippen LogP contribution in [0.2, 0.25) is 5.02 Å². The minimum atomic E-state index is -0.430. The van der Waals surface area contributed by atoms with Crippen molar-refractivity contribution in [2.24, 2.45) is 5.41 Å². The smallest absolute Gasteiger partial charge is 0.341 e. The Labute approximate surface area is 269 Å². The van der Waals surface area contributed by atoms with E-state index >= 15 is 0 Å². The van der Waals surface area contributed by atoms with Gasteiger partial charge in [0.05, 0.1) is 13.3 Å². The first-order chi connectivity index (χ1) is 22.0. The van der Waals surface area contributed by atoms with Crippen LogP contribution < -0.4 is 15.0 Å². The van der Waals surface area contributed by atoms with Gasteiger partial charge in [-0.05, 0) is 98.1 Å². The van der Waals surface area contributed by atoms with E-state index in [0.717, 1.165) is 74.0 Å². The summed E-state index contributed by atoms with van der Waals surface area (Å²) in [7, 11) is 1.39. The Morgan fingerprint density at radius 2 is 1.80 bits per heavy atom. The van der Waals surface area contributed by atoms with Gasteiger partial charge in [-0.2, -0.15) is 0 Å². The van der Waals surface area contributed by atoms with E-state index in [1.54, 1.807) is 17.8 Å². The van der Waals surface area contributed by atoms with Gasteiger partial charge in [0.1, 0.15) is 22.7 Å². The Kier molecular flexibility index (Phi) is 8.53. The maximum absolute atomic E-state index is 12.6. The molecule has 45 heavy (non-hydrogen) atoms. The fourth-order valence-electron chi connectivity index (χ4n) is 7.36. The van der Waals surface area contributed by atoms with Crippen molar-refractivity contribution in [1.29, 1.82) is 0 Å². The van der Waals surface area contributed by atoms with Crippen molar-refractivity contribution < 1.29 is 14.3 Å². The van der Waals surface area contributed by atoms with Gasteiger partial charge in [0.15, 0.2) is 0 Å². The van der Waals surface area contributed by atoms with Gasteiger partial charge in [0.2, 0.25) is 0 Å². The molecule has 1 aliphatic carbocycles. The summed E-state index contributed by atoms with van der Waals surface area (Å²) < 4.78 is 11.3. The molecule has 2 aromatic heterocycles. The van der Waals surface area contributed by atoms with Gasteiger partial charge in [-0.1, -0.05) is 29.3 Å². The lowest BCUT2D eigenvalue weighted by atomic mass is 9.65. The highest BCUT2D eigenvalue weighted by atomic mass is 35.5. The zero-order valence-corrected chi connectivity index (χ0v) is 26.5. The predicted octanol–water partition coefficient (Wildman–Crippen LogP) is 6.92. The van der Waals surface area contributed by atoms with E-state index in [4.69, 9.17) is 21.1 Å². The minimum Gasteiger partial charge on any atom is -0.465 e. The Morgan fingerprint density at radius 3 is 2.58 bits per heavy atom. The number of piperazine rings is 1. The van der Waals surface area contributed by atoms with Gasteiger partial charge in [-0.25, -0.2) is 9.78 Å². The molecule has 0 atom stereocenters. The molecular weight excluding hydrogens is 586 g/mol. The van der Waals surface area contributed by atoms with Crippen LogP contribution in [0.3, 0.4) is 0 Å². The molecule has 234 valence electrons. The van der Waals surface area contributed by atoms with Gasteiger partial charge in [0, 0.05) is 61.1 Å². The number of fused-ring (bicyclic) bond motifs is 1. The van der Waals surface area contributed by atoms with Crippen molar-refractivity contribution in [2.75, 3.05) is 57.8 Å². The first kappa shape index (κ1) is 29.8. The third kappa shape index (κ3) is 6.45. The highest BCUT2D eigenvalue weighted by Gasteiger charge is 2.37. The maximum Gasteiger partial charge on any atom is 0.341 e. The molecule has 2 saturated heterocycles. The molecule has 7 rings (SSSR count). The third-order valence-electron chi connectivity index (χ3n) is 9.90. The predicted molar refractivity (Wildman–Crippen MR) is 179 cm³/mol. The lowest BCUT2D eigenvalue weighted by molar-refractivity contribution is 0.0598. The fraction of sp³-hybridized carbons (Fsp3) is 0.389. The Balaban J connectivity index is 1.08. The third-order valence-corrected chi connectivity index (χ3v) is 10.2. The number of esters is 1. The molecule has 9 heteroatoms. The minimum absolute atomic E-state index is 0.389. The molecule has 3 aliphatic rings. The number of nitrogens with zero attached hydrogens (tertiary/aromatic N) is 3. The molecule has 0 amide bonds. The number of benzene rings is 2. The highest BCUT2D eigenvalue weighted by Crippen LogP contribution is 2.48. The van der Waals surface area contributed by atoms with E-state index in [1.165, 1.54) is 43.9 Å². The Bertz CT molecular complexity index is 1700. The lowest BCUT2D eigenvalue weighted by Crippen LogP contribution is -2.47. The number of methoxy groups -OCH3 is 1. The second kappa shape index (κ2) is 12.9. The number of aromatic nitrogens is 2. The number of halogens is 1. The number of ether oxygens (including phenoxy) is 2. The standard InChI is InChI=1S/C36H40ClN5O3/c1-44-35(43)32-7-6-29(21-33(32)45-30-20-26-9-13-39-34(26)40-23-30)42-18-16-41(17-19-42)24-27-22-36(11-14-38-15-12-36)10-8-31(27)25-2-4-28(37)5-3-25/h2-7,9,13,20-21,23,38H,8,10-12,14-19,22,24H2,1H3,(H,39,40). The maximum atomic E-state index is 12.6. The monoisotopic (exact) mass is 625 g/mol. The SMILES string of the molecule is COC(=O)c1ccc(N2CCN(CC3=C(c4ccc(Cl)cc4)CCC4(CCNCC4)C3)CC2)cc1Oc1cnc2[nH]ccc2c1. The molecule has 0 saturated carbocycles. The summed E-state index contributed by atoms with van der Waals surface area (Å²) in [6.07, 6.45) is 9.63. The van der Waals surface area contributed by atoms with Crippen molar-refractivity contribution in [1.82, 2.24) is 20.2 Å². The molecule has 2 fully saturated rings. The number of rotatable bonds is 7. The summed E-state index contributed by atoms with van der Waals surface area (Å²) in [5.74, 6) is 0.601. The van der Waals surface area contributed by atoms with E-state index < -0.39 is 5.97 Å². The van der Waals surface area contributed by atoms with Crippen LogP contribution in [0.4, 0.5) is 5.69 Å². The number of allylic oxidation sites excluding steroid dienone is 1. The number of piperidine rings is 1. The van der Waals surface area contributed by atoms with Gasteiger partial charge < -0.3 is 24.7 Å². The van der Waals surface area contributed by atoms with Gasteiger partial charge >= 0.3 is 5.97 Å². The fourth-order valence-corrected chi connectivity index (χ4v) is 7.48. The van der Waals surface area contributed by atoms with Crippen LogP contribution in [-0.4, -0.2) is 73.8 Å². The quantitative estimate of drug-likeness (QED) is 0.216. The van der Waals surface area contributed by atoms with Crippen LogP contribution in [0.5, 0.6) is 11.5 Å². The molecule has 2 N–H and O–H groups in total. The van der Waals surface area contributed by atoms with Crippen molar-refractivity contribution >= 4 is 39.9 Å². The number of hydrogen-bond donors (Lipinski definition) is 2. The normalized spacial score (nSPS) is 18.8. The Morgan fingerprint density at radius 1 is 1.00 bits per heavy atom. The molecule has 8 nitrogen and oxygen atoms in total. The van der Waals surface area contributed by atoms with E-state index in [-0.39, 0.29) is 0 Å². The number of hydrogen-bond acceptors (Lipinski definition) is 7. The number of carbonyl (C=O) groups excluding carboxylic acids is 1. The van der Waals surface area contributed by atoms with Crippen LogP contribution >= 0.6 is 11.6 Å². The zero-order chi connectivity index (χ0) is 30.8. The number of aromatic amines is 1. The average molecular weight is 626 g/mol. The summed E-state index contributed by atoms with van der Waals surface area (Å²) in [5.41, 5.74) is 7.08. The molecule has 0 radical (unpaired) electrons. The number of nitrogens with one attached hydrogen (secondary N) is 2. The summed E-state index contributed by atoms with van der Waals surface area (Å²) in [6.45, 7) is 6.98. The molecule has 2 aromatic carbocycles. The van der Waals surface area contributed by atoms with Crippen molar-refractivity contribution in [2.45, 2.75) is 32.1 Å². The first-order valence-corrected chi connectivity index (χ1v) is 16.3.